The van der Waals surface area contributed by atoms with E-state index >= 15 is 0 Å². The molecule has 0 aromatic heterocycles. The first-order valence-electron chi connectivity index (χ1n) is 11.0. The minimum Gasteiger partial charge on any atom is -0.452 e. The van der Waals surface area contributed by atoms with Crippen molar-refractivity contribution < 1.29 is 19.1 Å². The van der Waals surface area contributed by atoms with E-state index in [0.29, 0.717) is 10.5 Å². The number of esters is 1. The number of carbonyl (C=O) groups excluding carboxylic acids is 3. The maximum atomic E-state index is 12.4. The summed E-state index contributed by atoms with van der Waals surface area (Å²) in [5.41, 5.74) is 0.373. The second-order valence-corrected chi connectivity index (χ2v) is 8.86. The van der Waals surface area contributed by atoms with Gasteiger partial charge in [0.25, 0.3) is 5.91 Å². The van der Waals surface area contributed by atoms with E-state index in [9.17, 15) is 14.4 Å². The summed E-state index contributed by atoms with van der Waals surface area (Å²) < 4.78 is 5.17. The number of thioether (sulfide) groups is 1. The van der Waals surface area contributed by atoms with Crippen LogP contribution in [0.3, 0.4) is 0 Å². The molecular formula is C23H34N2O4S. The Morgan fingerprint density at radius 3 is 2.43 bits per heavy atom. The topological polar surface area (TPSA) is 84.5 Å². The van der Waals surface area contributed by atoms with Crippen molar-refractivity contribution in [3.05, 3.63) is 29.8 Å². The van der Waals surface area contributed by atoms with Gasteiger partial charge in [0.05, 0.1) is 11.3 Å². The fourth-order valence-corrected chi connectivity index (χ4v) is 4.25. The molecule has 0 radical (unpaired) electrons. The number of benzene rings is 1. The fraction of sp³-hybridized carbons (Fsp3) is 0.609. The monoisotopic (exact) mass is 434 g/mol. The Morgan fingerprint density at radius 1 is 1.07 bits per heavy atom. The Balaban J connectivity index is 1.84. The lowest BCUT2D eigenvalue weighted by atomic mass is 9.97. The van der Waals surface area contributed by atoms with Crippen molar-refractivity contribution in [2.24, 2.45) is 0 Å². The van der Waals surface area contributed by atoms with Crippen LogP contribution in [0.15, 0.2) is 29.2 Å². The van der Waals surface area contributed by atoms with Crippen LogP contribution in [0.4, 0.5) is 0 Å². The number of carbonyl (C=O) groups is 3. The SMILES string of the molecule is CCC(C)NC(=O)COC(=O)c1ccccc1SCC(=O)NC1CCCCCCC1. The van der Waals surface area contributed by atoms with Crippen molar-refractivity contribution in [3.63, 3.8) is 0 Å². The summed E-state index contributed by atoms with van der Waals surface area (Å²) in [6, 6.07) is 7.31. The van der Waals surface area contributed by atoms with Gasteiger partial charge in [-0.25, -0.2) is 4.79 Å². The molecule has 1 fully saturated rings. The molecule has 0 heterocycles. The fourth-order valence-electron chi connectivity index (χ4n) is 3.40. The molecule has 0 bridgehead atoms. The molecule has 2 rings (SSSR count). The molecule has 0 saturated heterocycles. The first-order valence-corrected chi connectivity index (χ1v) is 12.0. The van der Waals surface area contributed by atoms with Gasteiger partial charge in [0.1, 0.15) is 0 Å². The van der Waals surface area contributed by atoms with Crippen LogP contribution < -0.4 is 10.6 Å². The second-order valence-electron chi connectivity index (χ2n) is 7.85. The molecular weight excluding hydrogens is 400 g/mol. The summed E-state index contributed by atoms with van der Waals surface area (Å²) in [5.74, 6) is -0.643. The van der Waals surface area contributed by atoms with Crippen molar-refractivity contribution in [3.8, 4) is 0 Å². The van der Waals surface area contributed by atoms with Crippen molar-refractivity contribution in [1.29, 1.82) is 0 Å². The van der Waals surface area contributed by atoms with Crippen LogP contribution in [-0.2, 0) is 14.3 Å². The highest BCUT2D eigenvalue weighted by Crippen LogP contribution is 2.24. The molecule has 1 saturated carbocycles. The zero-order chi connectivity index (χ0) is 21.8. The van der Waals surface area contributed by atoms with Crippen molar-refractivity contribution in [2.75, 3.05) is 12.4 Å². The van der Waals surface area contributed by atoms with Crippen LogP contribution in [0.25, 0.3) is 0 Å². The summed E-state index contributed by atoms with van der Waals surface area (Å²) >= 11 is 1.32. The highest BCUT2D eigenvalue weighted by atomic mass is 32.2. The summed E-state index contributed by atoms with van der Waals surface area (Å²) in [7, 11) is 0. The van der Waals surface area contributed by atoms with Crippen molar-refractivity contribution in [2.45, 2.75) is 82.2 Å². The van der Waals surface area contributed by atoms with Crippen LogP contribution in [0, 0.1) is 0 Å². The normalized spacial score (nSPS) is 16.1. The lowest BCUT2D eigenvalue weighted by Crippen LogP contribution is -2.36. The van der Waals surface area contributed by atoms with Crippen molar-refractivity contribution >= 4 is 29.5 Å². The minimum absolute atomic E-state index is 0.0123. The molecule has 0 aliphatic heterocycles. The molecule has 166 valence electrons. The summed E-state index contributed by atoms with van der Waals surface area (Å²) in [6.45, 7) is 3.55. The van der Waals surface area contributed by atoms with Gasteiger partial charge in [0, 0.05) is 17.0 Å². The van der Waals surface area contributed by atoms with Crippen LogP contribution in [0.5, 0.6) is 0 Å². The van der Waals surface area contributed by atoms with Gasteiger partial charge in [-0.1, -0.05) is 51.2 Å². The lowest BCUT2D eigenvalue weighted by Gasteiger charge is -2.21. The van der Waals surface area contributed by atoms with Gasteiger partial charge in [-0.2, -0.15) is 0 Å². The van der Waals surface area contributed by atoms with Crippen LogP contribution >= 0.6 is 11.8 Å². The van der Waals surface area contributed by atoms with Crippen LogP contribution in [0.2, 0.25) is 0 Å². The average Bonchev–Trinajstić information content (AvgIpc) is 2.72. The molecule has 6 nitrogen and oxygen atoms in total. The Hall–Kier alpha value is -2.02. The Kier molecular flexibility index (Phi) is 10.8. The van der Waals surface area contributed by atoms with Crippen molar-refractivity contribution in [1.82, 2.24) is 10.6 Å². The highest BCUT2D eigenvalue weighted by molar-refractivity contribution is 8.00. The molecule has 1 aromatic rings. The van der Waals surface area contributed by atoms with E-state index in [2.05, 4.69) is 10.6 Å². The third kappa shape index (κ3) is 8.78. The standard InChI is InChI=1S/C23H34N2O4S/c1-3-17(2)24-21(26)15-29-23(28)19-13-9-10-14-20(19)30-16-22(27)25-18-11-7-5-4-6-8-12-18/h9-10,13-14,17-18H,3-8,11-12,15-16H2,1-2H3,(H,24,26)(H,25,27). The molecule has 2 N–H and O–H groups in total. The minimum atomic E-state index is -0.558. The molecule has 1 aromatic carbocycles. The summed E-state index contributed by atoms with van der Waals surface area (Å²) in [4.78, 5) is 37.4. The number of ether oxygens (including phenoxy) is 1. The van der Waals surface area contributed by atoms with Gasteiger partial charge in [-0.05, 0) is 38.3 Å². The molecule has 0 spiro atoms. The maximum absolute atomic E-state index is 12.4. The van der Waals surface area contributed by atoms with Gasteiger partial charge in [-0.3, -0.25) is 9.59 Å². The Labute approximate surface area is 183 Å². The number of hydrogen-bond acceptors (Lipinski definition) is 5. The quantitative estimate of drug-likeness (QED) is 0.452. The molecule has 7 heteroatoms. The molecule has 1 aliphatic rings. The maximum Gasteiger partial charge on any atom is 0.339 e. The zero-order valence-corrected chi connectivity index (χ0v) is 18.9. The van der Waals surface area contributed by atoms with E-state index in [4.69, 9.17) is 4.74 Å². The number of hydrogen-bond donors (Lipinski definition) is 2. The predicted molar refractivity (Wildman–Crippen MR) is 120 cm³/mol. The van der Waals surface area contributed by atoms with Gasteiger partial charge in [0.15, 0.2) is 6.61 Å². The predicted octanol–water partition coefficient (Wildman–Crippen LogP) is 4.08. The zero-order valence-electron chi connectivity index (χ0n) is 18.1. The molecule has 2 amide bonds. The smallest absolute Gasteiger partial charge is 0.339 e. The van der Waals surface area contributed by atoms with Gasteiger partial charge in [-0.15, -0.1) is 11.8 Å². The van der Waals surface area contributed by atoms with Gasteiger partial charge >= 0.3 is 5.97 Å². The first-order chi connectivity index (χ1) is 14.5. The lowest BCUT2D eigenvalue weighted by molar-refractivity contribution is -0.124. The number of amides is 2. The van der Waals surface area contributed by atoms with E-state index in [1.165, 1.54) is 31.0 Å². The summed E-state index contributed by atoms with van der Waals surface area (Å²) in [6.07, 6.45) is 8.99. The van der Waals surface area contributed by atoms with E-state index in [1.807, 2.05) is 19.9 Å². The van der Waals surface area contributed by atoms with Crippen LogP contribution in [0.1, 0.15) is 75.6 Å². The Bertz CT molecular complexity index is 702. The third-order valence-electron chi connectivity index (χ3n) is 5.29. The summed E-state index contributed by atoms with van der Waals surface area (Å²) in [5, 5.41) is 5.90. The average molecular weight is 435 g/mol. The highest BCUT2D eigenvalue weighted by Gasteiger charge is 2.18. The number of nitrogens with one attached hydrogen (secondary N) is 2. The van der Waals surface area contributed by atoms with E-state index in [1.54, 1.807) is 18.2 Å². The molecule has 1 unspecified atom stereocenters. The Morgan fingerprint density at radius 2 is 1.73 bits per heavy atom. The molecule has 1 aliphatic carbocycles. The molecule has 1 atom stereocenters. The number of rotatable bonds is 9. The largest absolute Gasteiger partial charge is 0.452 e. The second kappa shape index (κ2) is 13.3. The van der Waals surface area contributed by atoms with E-state index < -0.39 is 5.97 Å². The van der Waals surface area contributed by atoms with Crippen LogP contribution in [-0.4, -0.2) is 42.2 Å². The molecule has 30 heavy (non-hydrogen) atoms. The first kappa shape index (κ1) is 24.3. The van der Waals surface area contributed by atoms with E-state index in [0.717, 1.165) is 32.1 Å². The van der Waals surface area contributed by atoms with E-state index in [-0.39, 0.29) is 36.3 Å². The van der Waals surface area contributed by atoms with Gasteiger partial charge in [0.2, 0.25) is 5.91 Å². The van der Waals surface area contributed by atoms with Gasteiger partial charge < -0.3 is 15.4 Å². The third-order valence-corrected chi connectivity index (χ3v) is 6.36.